The highest BCUT2D eigenvalue weighted by Crippen LogP contribution is 2.25. The molecule has 2 rings (SSSR count). The predicted molar refractivity (Wildman–Crippen MR) is 81.3 cm³/mol. The van der Waals surface area contributed by atoms with Crippen LogP contribution in [0.4, 0.5) is 4.39 Å². The van der Waals surface area contributed by atoms with Gasteiger partial charge in [0.2, 0.25) is 0 Å². The lowest BCUT2D eigenvalue weighted by Crippen LogP contribution is -2.47. The topological polar surface area (TPSA) is 46.3 Å². The van der Waals surface area contributed by atoms with Crippen LogP contribution in [0.1, 0.15) is 49.0 Å². The summed E-state index contributed by atoms with van der Waals surface area (Å²) in [5.41, 5.74) is 6.04. The molecule has 1 aliphatic heterocycles. The maximum atomic E-state index is 14.0. The van der Waals surface area contributed by atoms with Crippen LogP contribution in [0, 0.1) is 17.7 Å². The Morgan fingerprint density at radius 3 is 2.67 bits per heavy atom. The van der Waals surface area contributed by atoms with Crippen LogP contribution in [0.2, 0.25) is 0 Å². The van der Waals surface area contributed by atoms with E-state index in [0.29, 0.717) is 5.56 Å². The van der Waals surface area contributed by atoms with Crippen molar-refractivity contribution in [3.8, 4) is 11.8 Å². The molecule has 4 heteroatoms. The van der Waals surface area contributed by atoms with Crippen LogP contribution in [0.5, 0.6) is 0 Å². The molecule has 1 saturated heterocycles. The Kier molecular flexibility index (Phi) is 4.98. The van der Waals surface area contributed by atoms with Crippen molar-refractivity contribution in [2.45, 2.75) is 45.2 Å². The third-order valence-electron chi connectivity index (χ3n) is 3.96. The zero-order chi connectivity index (χ0) is 15.4. The van der Waals surface area contributed by atoms with Crippen LogP contribution in [0.15, 0.2) is 18.2 Å². The lowest BCUT2D eigenvalue weighted by molar-refractivity contribution is 0.0506. The second kappa shape index (κ2) is 6.73. The van der Waals surface area contributed by atoms with Gasteiger partial charge in [-0.05, 0) is 51.3 Å². The van der Waals surface area contributed by atoms with Crippen LogP contribution in [0.25, 0.3) is 0 Å². The fourth-order valence-corrected chi connectivity index (χ4v) is 2.88. The second-order valence-corrected chi connectivity index (χ2v) is 5.54. The molecule has 3 nitrogen and oxygen atoms in total. The van der Waals surface area contributed by atoms with Crippen LogP contribution >= 0.6 is 0 Å². The molecule has 2 atom stereocenters. The zero-order valence-corrected chi connectivity index (χ0v) is 12.5. The number of carbonyl (C=O) groups is 1. The van der Waals surface area contributed by atoms with E-state index < -0.39 is 5.82 Å². The molecule has 112 valence electrons. The number of rotatable bonds is 1. The highest BCUT2D eigenvalue weighted by Gasteiger charge is 2.30. The van der Waals surface area contributed by atoms with Gasteiger partial charge in [0.25, 0.3) is 5.91 Å². The average Bonchev–Trinajstić information content (AvgIpc) is 2.46. The molecule has 2 unspecified atom stereocenters. The lowest BCUT2D eigenvalue weighted by Gasteiger charge is -2.39. The van der Waals surface area contributed by atoms with E-state index in [0.717, 1.165) is 19.3 Å². The summed E-state index contributed by atoms with van der Waals surface area (Å²) in [5.74, 6) is 4.81. The van der Waals surface area contributed by atoms with Crippen molar-refractivity contribution in [2.24, 2.45) is 5.73 Å². The first kappa shape index (κ1) is 15.5. The number of hydrogen-bond acceptors (Lipinski definition) is 2. The molecule has 0 aromatic heterocycles. The minimum Gasteiger partial charge on any atom is -0.333 e. The van der Waals surface area contributed by atoms with E-state index in [1.54, 1.807) is 11.0 Å². The van der Waals surface area contributed by atoms with Gasteiger partial charge in [0.1, 0.15) is 5.82 Å². The minimum absolute atomic E-state index is 0.0967. The van der Waals surface area contributed by atoms with Gasteiger partial charge < -0.3 is 10.6 Å². The maximum Gasteiger partial charge on any atom is 0.257 e. The Balaban J connectivity index is 2.33. The fraction of sp³-hybridized carbons (Fsp3) is 0.471. The fourth-order valence-electron chi connectivity index (χ4n) is 2.88. The molecule has 21 heavy (non-hydrogen) atoms. The van der Waals surface area contributed by atoms with E-state index in [2.05, 4.69) is 11.8 Å². The number of halogens is 1. The van der Waals surface area contributed by atoms with Crippen LogP contribution in [-0.2, 0) is 0 Å². The minimum atomic E-state index is -0.497. The summed E-state index contributed by atoms with van der Waals surface area (Å²) in [4.78, 5) is 14.5. The monoisotopic (exact) mass is 288 g/mol. The van der Waals surface area contributed by atoms with Crippen molar-refractivity contribution in [3.05, 3.63) is 35.1 Å². The Labute approximate surface area is 125 Å². The largest absolute Gasteiger partial charge is 0.333 e. The summed E-state index contributed by atoms with van der Waals surface area (Å²) in [7, 11) is 0. The van der Waals surface area contributed by atoms with E-state index in [1.165, 1.54) is 12.1 Å². The van der Waals surface area contributed by atoms with Crippen molar-refractivity contribution in [2.75, 3.05) is 6.54 Å². The molecular formula is C17H21FN2O. The summed E-state index contributed by atoms with van der Waals surface area (Å²) in [6, 6.07) is 4.66. The average molecular weight is 288 g/mol. The Morgan fingerprint density at radius 1 is 1.38 bits per heavy atom. The van der Waals surface area contributed by atoms with Gasteiger partial charge in [-0.1, -0.05) is 11.8 Å². The molecule has 1 amide bonds. The normalized spacial score (nSPS) is 21.6. The van der Waals surface area contributed by atoms with Gasteiger partial charge in [-0.15, -0.1) is 0 Å². The SMILES string of the molecule is CC1CCCC(C)N1C(=O)c1cc(C#CCN)ccc1F. The molecular weight excluding hydrogens is 267 g/mol. The first-order chi connectivity index (χ1) is 10.0. The van der Waals surface area contributed by atoms with Crippen molar-refractivity contribution in [3.63, 3.8) is 0 Å². The van der Waals surface area contributed by atoms with E-state index in [-0.39, 0.29) is 30.1 Å². The Hall–Kier alpha value is -1.86. The molecule has 1 aromatic rings. The molecule has 0 aliphatic carbocycles. The molecule has 0 radical (unpaired) electrons. The summed E-state index contributed by atoms with van der Waals surface area (Å²) in [5, 5.41) is 0. The third-order valence-corrected chi connectivity index (χ3v) is 3.96. The molecule has 0 saturated carbocycles. The summed E-state index contributed by atoms with van der Waals surface area (Å²) >= 11 is 0. The molecule has 1 aromatic carbocycles. The first-order valence-corrected chi connectivity index (χ1v) is 7.35. The van der Waals surface area contributed by atoms with Gasteiger partial charge in [-0.3, -0.25) is 4.79 Å². The van der Waals surface area contributed by atoms with Gasteiger partial charge in [-0.2, -0.15) is 0 Å². The highest BCUT2D eigenvalue weighted by atomic mass is 19.1. The Bertz CT molecular complexity index is 578. The van der Waals surface area contributed by atoms with E-state index >= 15 is 0 Å². The summed E-state index contributed by atoms with van der Waals surface area (Å²) in [6.07, 6.45) is 3.03. The van der Waals surface area contributed by atoms with Crippen molar-refractivity contribution in [1.82, 2.24) is 4.90 Å². The number of nitrogens with zero attached hydrogens (tertiary/aromatic N) is 1. The molecule has 1 fully saturated rings. The quantitative estimate of drug-likeness (QED) is 0.807. The van der Waals surface area contributed by atoms with Crippen molar-refractivity contribution < 1.29 is 9.18 Å². The Morgan fingerprint density at radius 2 is 2.05 bits per heavy atom. The molecule has 0 bridgehead atoms. The van der Waals surface area contributed by atoms with Crippen molar-refractivity contribution >= 4 is 5.91 Å². The highest BCUT2D eigenvalue weighted by molar-refractivity contribution is 5.95. The lowest BCUT2D eigenvalue weighted by atomic mass is 9.96. The zero-order valence-electron chi connectivity index (χ0n) is 12.5. The third kappa shape index (κ3) is 3.43. The maximum absolute atomic E-state index is 14.0. The summed E-state index contributed by atoms with van der Waals surface area (Å²) in [6.45, 7) is 4.27. The number of nitrogens with two attached hydrogens (primary N) is 1. The molecule has 1 aliphatic rings. The standard InChI is InChI=1S/C17H21FN2O/c1-12-5-3-6-13(2)20(12)17(21)15-11-14(7-4-10-19)8-9-16(15)18/h8-9,11-13H,3,5-6,10,19H2,1-2H3. The predicted octanol–water partition coefficient (Wildman–Crippen LogP) is 2.54. The number of likely N-dealkylation sites (tertiary alicyclic amines) is 1. The number of piperidine rings is 1. The molecule has 2 N–H and O–H groups in total. The molecule has 0 spiro atoms. The van der Waals surface area contributed by atoms with Gasteiger partial charge in [0, 0.05) is 17.6 Å². The van der Waals surface area contributed by atoms with Gasteiger partial charge in [0.15, 0.2) is 0 Å². The first-order valence-electron chi connectivity index (χ1n) is 7.35. The number of carbonyl (C=O) groups excluding carboxylic acids is 1. The van der Waals surface area contributed by atoms with E-state index in [9.17, 15) is 9.18 Å². The van der Waals surface area contributed by atoms with E-state index in [1.807, 2.05) is 13.8 Å². The molecule has 1 heterocycles. The summed E-state index contributed by atoms with van der Waals surface area (Å²) < 4.78 is 14.0. The number of hydrogen-bond donors (Lipinski definition) is 1. The van der Waals surface area contributed by atoms with Crippen LogP contribution < -0.4 is 5.73 Å². The van der Waals surface area contributed by atoms with Gasteiger partial charge in [0.05, 0.1) is 12.1 Å². The van der Waals surface area contributed by atoms with E-state index in [4.69, 9.17) is 5.73 Å². The van der Waals surface area contributed by atoms with Crippen LogP contribution in [0.3, 0.4) is 0 Å². The van der Waals surface area contributed by atoms with Crippen molar-refractivity contribution in [1.29, 1.82) is 0 Å². The number of benzene rings is 1. The van der Waals surface area contributed by atoms with Crippen LogP contribution in [-0.4, -0.2) is 29.4 Å². The number of amides is 1. The van der Waals surface area contributed by atoms with Gasteiger partial charge in [-0.25, -0.2) is 4.39 Å². The second-order valence-electron chi connectivity index (χ2n) is 5.54. The smallest absolute Gasteiger partial charge is 0.257 e. The van der Waals surface area contributed by atoms with Gasteiger partial charge >= 0.3 is 0 Å².